The van der Waals surface area contributed by atoms with E-state index in [1.807, 2.05) is 19.9 Å². The number of anilines is 1. The molecular weight excluding hydrogens is 345 g/mol. The van der Waals surface area contributed by atoms with Gasteiger partial charge in [0.1, 0.15) is 12.4 Å². The van der Waals surface area contributed by atoms with E-state index in [0.29, 0.717) is 17.4 Å². The molecule has 0 bridgehead atoms. The first-order valence-electron chi connectivity index (χ1n) is 7.69. The van der Waals surface area contributed by atoms with Gasteiger partial charge in [-0.25, -0.2) is 4.39 Å². The van der Waals surface area contributed by atoms with Gasteiger partial charge in [0.05, 0.1) is 12.2 Å². The fourth-order valence-corrected chi connectivity index (χ4v) is 2.65. The van der Waals surface area contributed by atoms with Crippen LogP contribution in [0.3, 0.4) is 0 Å². The molecule has 1 aromatic carbocycles. The van der Waals surface area contributed by atoms with Crippen molar-refractivity contribution >= 4 is 23.3 Å². The standard InChI is InChI=1S/C17H17ClFN5O/c1-11-5-6-23(21-11)10-17(25)20-16-7-12(2)24(22-16)9-13-3-4-14(19)8-15(13)18/h3-8H,9-10H2,1-2H3,(H,20,22,25). The molecule has 3 rings (SSSR count). The Morgan fingerprint density at radius 3 is 2.72 bits per heavy atom. The number of carbonyl (C=O) groups is 1. The summed E-state index contributed by atoms with van der Waals surface area (Å²) in [5, 5.41) is 11.6. The first-order valence-corrected chi connectivity index (χ1v) is 8.07. The number of benzene rings is 1. The summed E-state index contributed by atoms with van der Waals surface area (Å²) in [5.74, 6) is -0.148. The van der Waals surface area contributed by atoms with Crippen molar-refractivity contribution in [3.05, 3.63) is 64.3 Å². The van der Waals surface area contributed by atoms with E-state index in [-0.39, 0.29) is 18.3 Å². The summed E-state index contributed by atoms with van der Waals surface area (Å²) >= 11 is 6.05. The van der Waals surface area contributed by atoms with Crippen LogP contribution in [0.25, 0.3) is 0 Å². The van der Waals surface area contributed by atoms with Crippen molar-refractivity contribution < 1.29 is 9.18 Å². The van der Waals surface area contributed by atoms with E-state index in [1.54, 1.807) is 27.7 Å². The van der Waals surface area contributed by atoms with Crippen LogP contribution in [0.5, 0.6) is 0 Å². The van der Waals surface area contributed by atoms with Gasteiger partial charge in [0.2, 0.25) is 5.91 Å². The number of halogens is 2. The molecule has 3 aromatic rings. The van der Waals surface area contributed by atoms with Gasteiger partial charge in [-0.05, 0) is 37.6 Å². The van der Waals surface area contributed by atoms with Crippen LogP contribution in [0.2, 0.25) is 5.02 Å². The van der Waals surface area contributed by atoms with Gasteiger partial charge in [0.25, 0.3) is 0 Å². The van der Waals surface area contributed by atoms with Crippen molar-refractivity contribution in [1.29, 1.82) is 0 Å². The summed E-state index contributed by atoms with van der Waals surface area (Å²) in [6, 6.07) is 7.85. The van der Waals surface area contributed by atoms with Crippen molar-refractivity contribution in [2.75, 3.05) is 5.32 Å². The highest BCUT2D eigenvalue weighted by Crippen LogP contribution is 2.19. The number of carbonyl (C=O) groups excluding carboxylic acids is 1. The minimum atomic E-state index is -0.382. The van der Waals surface area contributed by atoms with E-state index in [1.165, 1.54) is 12.1 Å². The zero-order valence-electron chi connectivity index (χ0n) is 13.8. The quantitative estimate of drug-likeness (QED) is 0.759. The van der Waals surface area contributed by atoms with Crippen LogP contribution in [-0.2, 0) is 17.9 Å². The average Bonchev–Trinajstić information content (AvgIpc) is 3.08. The molecule has 0 aliphatic carbocycles. The van der Waals surface area contributed by atoms with Gasteiger partial charge in [0.15, 0.2) is 5.82 Å². The summed E-state index contributed by atoms with van der Waals surface area (Å²) in [6.45, 7) is 4.24. The molecule has 0 atom stereocenters. The highest BCUT2D eigenvalue weighted by atomic mass is 35.5. The molecule has 2 heterocycles. The molecule has 0 aliphatic rings. The van der Waals surface area contributed by atoms with E-state index in [2.05, 4.69) is 15.5 Å². The fourth-order valence-electron chi connectivity index (χ4n) is 2.42. The summed E-state index contributed by atoms with van der Waals surface area (Å²) < 4.78 is 16.4. The zero-order chi connectivity index (χ0) is 18.0. The van der Waals surface area contributed by atoms with Crippen molar-refractivity contribution in [1.82, 2.24) is 19.6 Å². The molecule has 0 spiro atoms. The Morgan fingerprint density at radius 1 is 1.24 bits per heavy atom. The molecule has 6 nitrogen and oxygen atoms in total. The number of hydrogen-bond acceptors (Lipinski definition) is 3. The Labute approximate surface area is 149 Å². The molecule has 25 heavy (non-hydrogen) atoms. The van der Waals surface area contributed by atoms with Gasteiger partial charge < -0.3 is 5.32 Å². The summed E-state index contributed by atoms with van der Waals surface area (Å²) in [7, 11) is 0. The van der Waals surface area contributed by atoms with Crippen LogP contribution in [0.4, 0.5) is 10.2 Å². The Hall–Kier alpha value is -2.67. The largest absolute Gasteiger partial charge is 0.308 e. The van der Waals surface area contributed by atoms with Crippen LogP contribution in [0, 0.1) is 19.7 Å². The smallest absolute Gasteiger partial charge is 0.247 e. The molecule has 0 fully saturated rings. The fraction of sp³-hybridized carbons (Fsp3) is 0.235. The molecule has 0 saturated heterocycles. The van der Waals surface area contributed by atoms with Crippen LogP contribution >= 0.6 is 11.6 Å². The van der Waals surface area contributed by atoms with Crippen LogP contribution in [0.15, 0.2) is 36.5 Å². The molecule has 0 aliphatic heterocycles. The average molecular weight is 362 g/mol. The topological polar surface area (TPSA) is 64.7 Å². The van der Waals surface area contributed by atoms with E-state index in [0.717, 1.165) is 17.0 Å². The number of aromatic nitrogens is 4. The summed E-state index contributed by atoms with van der Waals surface area (Å²) in [6.07, 6.45) is 1.75. The second kappa shape index (κ2) is 7.06. The first-order chi connectivity index (χ1) is 11.9. The highest BCUT2D eigenvalue weighted by molar-refractivity contribution is 6.31. The molecule has 0 radical (unpaired) electrons. The van der Waals surface area contributed by atoms with Crippen LogP contribution in [0.1, 0.15) is 17.0 Å². The third kappa shape index (κ3) is 4.24. The lowest BCUT2D eigenvalue weighted by Gasteiger charge is -2.07. The second-order valence-electron chi connectivity index (χ2n) is 5.77. The Kier molecular flexibility index (Phi) is 4.85. The molecule has 2 aromatic heterocycles. The van der Waals surface area contributed by atoms with Crippen LogP contribution < -0.4 is 5.32 Å². The zero-order valence-corrected chi connectivity index (χ0v) is 14.6. The summed E-state index contributed by atoms with van der Waals surface area (Å²) in [5.41, 5.74) is 2.45. The Morgan fingerprint density at radius 2 is 2.04 bits per heavy atom. The lowest BCUT2D eigenvalue weighted by molar-refractivity contribution is -0.116. The lowest BCUT2D eigenvalue weighted by atomic mass is 10.2. The number of nitrogens with zero attached hydrogens (tertiary/aromatic N) is 4. The monoisotopic (exact) mass is 361 g/mol. The number of hydrogen-bond donors (Lipinski definition) is 1. The van der Waals surface area contributed by atoms with Crippen molar-refractivity contribution in [2.24, 2.45) is 0 Å². The number of aryl methyl sites for hydroxylation is 2. The molecule has 0 unspecified atom stereocenters. The third-order valence-corrected chi connectivity index (χ3v) is 4.02. The maximum Gasteiger partial charge on any atom is 0.247 e. The maximum absolute atomic E-state index is 13.1. The van der Waals surface area contributed by atoms with Crippen molar-refractivity contribution in [3.8, 4) is 0 Å². The van der Waals surface area contributed by atoms with Gasteiger partial charge in [-0.3, -0.25) is 14.2 Å². The lowest BCUT2D eigenvalue weighted by Crippen LogP contribution is -2.19. The Bertz CT molecular complexity index is 918. The number of amides is 1. The molecule has 1 N–H and O–H groups in total. The minimum Gasteiger partial charge on any atom is -0.308 e. The molecule has 130 valence electrons. The predicted molar refractivity (Wildman–Crippen MR) is 93.1 cm³/mol. The minimum absolute atomic E-state index is 0.115. The molecular formula is C17H17ClFN5O. The van der Waals surface area contributed by atoms with Crippen molar-refractivity contribution in [3.63, 3.8) is 0 Å². The third-order valence-electron chi connectivity index (χ3n) is 3.66. The molecule has 0 saturated carbocycles. The Balaban J connectivity index is 1.68. The van der Waals surface area contributed by atoms with Crippen LogP contribution in [-0.4, -0.2) is 25.5 Å². The van der Waals surface area contributed by atoms with Crippen molar-refractivity contribution in [2.45, 2.75) is 26.9 Å². The first kappa shape index (κ1) is 17.2. The summed E-state index contributed by atoms with van der Waals surface area (Å²) in [4.78, 5) is 12.1. The van der Waals surface area contributed by atoms with Gasteiger partial charge >= 0.3 is 0 Å². The normalized spacial score (nSPS) is 10.9. The molecule has 1 amide bonds. The van der Waals surface area contributed by atoms with Gasteiger partial charge in [-0.1, -0.05) is 17.7 Å². The molecule has 8 heteroatoms. The maximum atomic E-state index is 13.1. The SMILES string of the molecule is Cc1ccn(CC(=O)Nc2cc(C)n(Cc3ccc(F)cc3Cl)n2)n1. The van der Waals surface area contributed by atoms with Gasteiger partial charge in [-0.15, -0.1) is 0 Å². The van der Waals surface area contributed by atoms with E-state index < -0.39 is 0 Å². The van der Waals surface area contributed by atoms with E-state index in [9.17, 15) is 9.18 Å². The highest BCUT2D eigenvalue weighted by Gasteiger charge is 2.11. The van der Waals surface area contributed by atoms with E-state index >= 15 is 0 Å². The number of nitrogens with one attached hydrogen (secondary N) is 1. The van der Waals surface area contributed by atoms with E-state index in [4.69, 9.17) is 11.6 Å². The predicted octanol–water partition coefficient (Wildman–Crippen LogP) is 3.18. The number of rotatable bonds is 5. The second-order valence-corrected chi connectivity index (χ2v) is 6.17. The van der Waals surface area contributed by atoms with Gasteiger partial charge in [0, 0.05) is 23.0 Å². The van der Waals surface area contributed by atoms with Gasteiger partial charge in [-0.2, -0.15) is 10.2 Å².